The smallest absolute Gasteiger partial charge is 0.0377 e. The molecule has 1 N–H and O–H groups in total. The molecule has 2 rings (SSSR count). The summed E-state index contributed by atoms with van der Waals surface area (Å²) in [5.74, 6) is 0. The number of hydrogen-bond donors (Lipinski definition) is 1. The first-order valence-corrected chi connectivity index (χ1v) is 8.06. The Balaban J connectivity index is 2.03. The summed E-state index contributed by atoms with van der Waals surface area (Å²) < 4.78 is 0. The molecule has 1 atom stereocenters. The molecule has 18 heavy (non-hydrogen) atoms. The summed E-state index contributed by atoms with van der Waals surface area (Å²) in [4.78, 5) is 3.87. The third-order valence-electron chi connectivity index (χ3n) is 3.41. The van der Waals surface area contributed by atoms with Gasteiger partial charge in [-0.05, 0) is 37.3 Å². The number of rotatable bonds is 4. The van der Waals surface area contributed by atoms with Crippen molar-refractivity contribution in [2.45, 2.75) is 43.7 Å². The van der Waals surface area contributed by atoms with E-state index in [-0.39, 0.29) is 0 Å². The van der Waals surface area contributed by atoms with Crippen LogP contribution < -0.4 is 10.2 Å². The van der Waals surface area contributed by atoms with E-state index in [1.54, 1.807) is 0 Å². The Labute approximate surface area is 115 Å². The van der Waals surface area contributed by atoms with Gasteiger partial charge in [0.2, 0.25) is 0 Å². The van der Waals surface area contributed by atoms with E-state index in [4.69, 9.17) is 0 Å². The molecule has 1 saturated heterocycles. The zero-order valence-corrected chi connectivity index (χ0v) is 12.5. The fraction of sp³-hybridized carbons (Fsp3) is 0.600. The molecule has 3 heteroatoms. The first-order valence-electron chi connectivity index (χ1n) is 6.84. The summed E-state index contributed by atoms with van der Waals surface area (Å²) in [5, 5.41) is 3.66. The molecule has 0 aromatic heterocycles. The lowest BCUT2D eigenvalue weighted by molar-refractivity contribution is 0.394. The van der Waals surface area contributed by atoms with Gasteiger partial charge < -0.3 is 10.2 Å². The van der Waals surface area contributed by atoms with Crippen LogP contribution in [-0.4, -0.2) is 31.4 Å². The second-order valence-electron chi connectivity index (χ2n) is 5.31. The van der Waals surface area contributed by atoms with E-state index in [2.05, 4.69) is 54.6 Å². The third kappa shape index (κ3) is 3.66. The Bertz CT molecular complexity index is 379. The number of piperidine rings is 1. The molecule has 100 valence electrons. The molecule has 1 aliphatic heterocycles. The summed E-state index contributed by atoms with van der Waals surface area (Å²) in [5.41, 5.74) is 1.37. The standard InChI is InChI=1S/C15H24N2S/c1-12(2)16-13-6-5-9-17(11-13)14-7-4-8-15(10-14)18-3/h4,7-8,10,12-13,16H,5-6,9,11H2,1-3H3. The largest absolute Gasteiger partial charge is 0.370 e. The topological polar surface area (TPSA) is 15.3 Å². The van der Waals surface area contributed by atoms with Crippen molar-refractivity contribution in [2.75, 3.05) is 24.2 Å². The highest BCUT2D eigenvalue weighted by Crippen LogP contribution is 2.24. The van der Waals surface area contributed by atoms with E-state index in [0.717, 1.165) is 6.54 Å². The van der Waals surface area contributed by atoms with Gasteiger partial charge in [0, 0.05) is 35.8 Å². The molecule has 1 aromatic carbocycles. The average Bonchev–Trinajstić information content (AvgIpc) is 2.38. The van der Waals surface area contributed by atoms with Gasteiger partial charge in [-0.3, -0.25) is 0 Å². The second-order valence-corrected chi connectivity index (χ2v) is 6.19. The van der Waals surface area contributed by atoms with Gasteiger partial charge in [0.15, 0.2) is 0 Å². The van der Waals surface area contributed by atoms with E-state index in [1.165, 1.54) is 30.0 Å². The van der Waals surface area contributed by atoms with Gasteiger partial charge in [0.1, 0.15) is 0 Å². The highest BCUT2D eigenvalue weighted by Gasteiger charge is 2.20. The molecule has 1 aliphatic rings. The van der Waals surface area contributed by atoms with Gasteiger partial charge in [-0.1, -0.05) is 19.9 Å². The van der Waals surface area contributed by atoms with Crippen molar-refractivity contribution in [1.29, 1.82) is 0 Å². The molecule has 1 unspecified atom stereocenters. The summed E-state index contributed by atoms with van der Waals surface area (Å²) in [6, 6.07) is 10.1. The Kier molecular flexibility index (Phi) is 4.95. The number of benzene rings is 1. The lowest BCUT2D eigenvalue weighted by Gasteiger charge is -2.36. The molecular weight excluding hydrogens is 240 g/mol. The summed E-state index contributed by atoms with van der Waals surface area (Å²) in [7, 11) is 0. The minimum absolute atomic E-state index is 0.576. The first-order chi connectivity index (χ1) is 8.69. The van der Waals surface area contributed by atoms with Crippen LogP contribution in [0, 0.1) is 0 Å². The molecule has 0 saturated carbocycles. The van der Waals surface area contributed by atoms with E-state index in [9.17, 15) is 0 Å². The van der Waals surface area contributed by atoms with Gasteiger partial charge in [-0.25, -0.2) is 0 Å². The highest BCUT2D eigenvalue weighted by molar-refractivity contribution is 7.98. The van der Waals surface area contributed by atoms with Crippen molar-refractivity contribution >= 4 is 17.4 Å². The molecule has 0 aliphatic carbocycles. The number of anilines is 1. The molecule has 0 spiro atoms. The van der Waals surface area contributed by atoms with Crippen LogP contribution in [0.1, 0.15) is 26.7 Å². The minimum atomic E-state index is 0.576. The van der Waals surface area contributed by atoms with Crippen LogP contribution in [0.25, 0.3) is 0 Å². The lowest BCUT2D eigenvalue weighted by Crippen LogP contribution is -2.47. The van der Waals surface area contributed by atoms with Crippen molar-refractivity contribution in [2.24, 2.45) is 0 Å². The summed E-state index contributed by atoms with van der Waals surface area (Å²) in [6.45, 7) is 6.78. The molecule has 2 nitrogen and oxygen atoms in total. The van der Waals surface area contributed by atoms with Gasteiger partial charge in [-0.15, -0.1) is 11.8 Å². The van der Waals surface area contributed by atoms with Gasteiger partial charge in [0.05, 0.1) is 0 Å². The monoisotopic (exact) mass is 264 g/mol. The molecule has 0 radical (unpaired) electrons. The Morgan fingerprint density at radius 3 is 2.94 bits per heavy atom. The average molecular weight is 264 g/mol. The third-order valence-corrected chi connectivity index (χ3v) is 4.13. The zero-order chi connectivity index (χ0) is 13.0. The van der Waals surface area contributed by atoms with Crippen LogP contribution in [0.3, 0.4) is 0 Å². The van der Waals surface area contributed by atoms with Crippen LogP contribution in [-0.2, 0) is 0 Å². The van der Waals surface area contributed by atoms with Crippen molar-refractivity contribution in [3.63, 3.8) is 0 Å². The number of hydrogen-bond acceptors (Lipinski definition) is 3. The number of nitrogens with one attached hydrogen (secondary N) is 1. The maximum Gasteiger partial charge on any atom is 0.0377 e. The van der Waals surface area contributed by atoms with Gasteiger partial charge in [-0.2, -0.15) is 0 Å². The van der Waals surface area contributed by atoms with Crippen LogP contribution in [0.5, 0.6) is 0 Å². The molecule has 1 heterocycles. The zero-order valence-electron chi connectivity index (χ0n) is 11.6. The van der Waals surface area contributed by atoms with Crippen LogP contribution in [0.4, 0.5) is 5.69 Å². The summed E-state index contributed by atoms with van der Waals surface area (Å²) >= 11 is 1.82. The van der Waals surface area contributed by atoms with Crippen LogP contribution in [0.2, 0.25) is 0 Å². The number of thioether (sulfide) groups is 1. The van der Waals surface area contributed by atoms with Crippen molar-refractivity contribution in [1.82, 2.24) is 5.32 Å². The molecule has 1 fully saturated rings. The van der Waals surface area contributed by atoms with Crippen molar-refractivity contribution < 1.29 is 0 Å². The van der Waals surface area contributed by atoms with Crippen LogP contribution in [0.15, 0.2) is 29.2 Å². The minimum Gasteiger partial charge on any atom is -0.370 e. The molecule has 0 amide bonds. The molecular formula is C15H24N2S. The second kappa shape index (κ2) is 6.48. The van der Waals surface area contributed by atoms with Gasteiger partial charge in [0.25, 0.3) is 0 Å². The summed E-state index contributed by atoms with van der Waals surface area (Å²) in [6.07, 6.45) is 4.73. The Morgan fingerprint density at radius 2 is 2.22 bits per heavy atom. The fourth-order valence-corrected chi connectivity index (χ4v) is 3.08. The Morgan fingerprint density at radius 1 is 1.39 bits per heavy atom. The van der Waals surface area contributed by atoms with E-state index in [1.807, 2.05) is 11.8 Å². The normalized spacial score (nSPS) is 20.4. The predicted molar refractivity (Wildman–Crippen MR) is 81.7 cm³/mol. The maximum absolute atomic E-state index is 3.66. The van der Waals surface area contributed by atoms with Crippen molar-refractivity contribution in [3.05, 3.63) is 24.3 Å². The van der Waals surface area contributed by atoms with Crippen LogP contribution >= 0.6 is 11.8 Å². The van der Waals surface area contributed by atoms with Gasteiger partial charge >= 0.3 is 0 Å². The van der Waals surface area contributed by atoms with E-state index in [0.29, 0.717) is 12.1 Å². The molecule has 1 aromatic rings. The predicted octanol–water partition coefficient (Wildman–Crippen LogP) is 3.38. The first kappa shape index (κ1) is 13.8. The van der Waals surface area contributed by atoms with E-state index >= 15 is 0 Å². The quantitative estimate of drug-likeness (QED) is 0.839. The Hall–Kier alpha value is -0.670. The SMILES string of the molecule is CSc1cccc(N2CCCC(NC(C)C)C2)c1. The highest BCUT2D eigenvalue weighted by atomic mass is 32.2. The van der Waals surface area contributed by atoms with Crippen molar-refractivity contribution in [3.8, 4) is 0 Å². The maximum atomic E-state index is 3.66. The van der Waals surface area contributed by atoms with E-state index < -0.39 is 0 Å². The number of nitrogens with zero attached hydrogens (tertiary/aromatic N) is 1. The lowest BCUT2D eigenvalue weighted by atomic mass is 10.0. The molecule has 0 bridgehead atoms. The fourth-order valence-electron chi connectivity index (χ4n) is 2.63.